The number of amides is 2. The Kier molecular flexibility index (Phi) is 10.7. The minimum atomic E-state index is -4.25. The van der Waals surface area contributed by atoms with Crippen molar-refractivity contribution in [1.82, 2.24) is 10.2 Å². The van der Waals surface area contributed by atoms with Crippen molar-refractivity contribution >= 4 is 62.3 Å². The fraction of sp³-hybridized carbons (Fsp3) is 0.188. The number of sulfonamides is 1. The summed E-state index contributed by atoms with van der Waals surface area (Å²) >= 11 is 19.0. The number of likely N-dealkylation sites (N-methyl/N-ethyl adjacent to an activating group) is 1. The number of para-hydroxylation sites is 1. The van der Waals surface area contributed by atoms with Crippen molar-refractivity contribution in [2.24, 2.45) is 0 Å². The van der Waals surface area contributed by atoms with E-state index in [0.717, 1.165) is 9.87 Å². The van der Waals surface area contributed by atoms with E-state index in [2.05, 4.69) is 5.32 Å². The van der Waals surface area contributed by atoms with Crippen LogP contribution in [0.15, 0.2) is 102 Å². The zero-order chi connectivity index (χ0) is 31.1. The van der Waals surface area contributed by atoms with Gasteiger partial charge in [0.25, 0.3) is 10.0 Å². The molecule has 0 spiro atoms. The number of nitrogens with one attached hydrogen (secondary N) is 1. The van der Waals surface area contributed by atoms with Gasteiger partial charge in [-0.3, -0.25) is 13.9 Å². The topological polar surface area (TPSA) is 86.8 Å². The summed E-state index contributed by atoms with van der Waals surface area (Å²) in [4.78, 5) is 29.0. The molecule has 0 heterocycles. The van der Waals surface area contributed by atoms with E-state index in [1.165, 1.54) is 36.2 Å². The molecule has 1 atom stereocenters. The minimum absolute atomic E-state index is 0.0409. The maximum Gasteiger partial charge on any atom is 0.264 e. The highest BCUT2D eigenvalue weighted by molar-refractivity contribution is 7.92. The summed E-state index contributed by atoms with van der Waals surface area (Å²) in [6.45, 7) is 1.03. The molecule has 0 saturated carbocycles. The molecule has 4 aromatic carbocycles. The van der Waals surface area contributed by atoms with E-state index >= 15 is 0 Å². The van der Waals surface area contributed by atoms with Gasteiger partial charge in [-0.2, -0.15) is 0 Å². The number of hydrogen-bond acceptors (Lipinski definition) is 4. The number of anilines is 1. The Morgan fingerprint density at radius 1 is 0.814 bits per heavy atom. The molecule has 0 aromatic heterocycles. The van der Waals surface area contributed by atoms with Crippen LogP contribution in [0.2, 0.25) is 15.1 Å². The first-order valence-corrected chi connectivity index (χ1v) is 15.9. The maximum absolute atomic E-state index is 14.4. The third-order valence-corrected chi connectivity index (χ3v) is 9.71. The zero-order valence-electron chi connectivity index (χ0n) is 23.5. The van der Waals surface area contributed by atoms with E-state index < -0.39 is 34.4 Å². The van der Waals surface area contributed by atoms with Gasteiger partial charge in [0.1, 0.15) is 12.6 Å². The van der Waals surface area contributed by atoms with Crippen LogP contribution in [0.3, 0.4) is 0 Å². The monoisotopic (exact) mass is 657 g/mol. The molecule has 0 radical (unpaired) electrons. The van der Waals surface area contributed by atoms with Crippen LogP contribution in [-0.2, 0) is 32.6 Å². The SMILES string of the molecule is CNC(=O)[C@@H](Cc1ccccc1)N(Cc1c(Cl)cccc1Cl)C(=O)CN(c1ccccc1C)S(=O)(=O)c1ccc(Cl)cc1. The molecule has 11 heteroatoms. The number of carbonyl (C=O) groups is 2. The molecule has 4 rings (SSSR count). The van der Waals surface area contributed by atoms with Crippen LogP contribution < -0.4 is 9.62 Å². The third kappa shape index (κ3) is 7.70. The van der Waals surface area contributed by atoms with Crippen LogP contribution in [0.5, 0.6) is 0 Å². The molecule has 2 amide bonds. The molecule has 7 nitrogen and oxygen atoms in total. The molecule has 0 aliphatic heterocycles. The average Bonchev–Trinajstić information content (AvgIpc) is 2.99. The Morgan fingerprint density at radius 2 is 1.42 bits per heavy atom. The smallest absolute Gasteiger partial charge is 0.264 e. The second kappa shape index (κ2) is 14.3. The maximum atomic E-state index is 14.4. The van der Waals surface area contributed by atoms with Gasteiger partial charge in [0.2, 0.25) is 11.8 Å². The zero-order valence-corrected chi connectivity index (χ0v) is 26.6. The number of benzene rings is 4. The molecule has 1 N–H and O–H groups in total. The predicted octanol–water partition coefficient (Wildman–Crippen LogP) is 6.54. The van der Waals surface area contributed by atoms with Crippen molar-refractivity contribution < 1.29 is 18.0 Å². The van der Waals surface area contributed by atoms with Crippen molar-refractivity contribution in [3.05, 3.63) is 129 Å². The summed E-state index contributed by atoms with van der Waals surface area (Å²) in [5.41, 5.74) is 2.20. The lowest BCUT2D eigenvalue weighted by atomic mass is 10.0. The van der Waals surface area contributed by atoms with Gasteiger partial charge in [0, 0.05) is 40.6 Å². The summed E-state index contributed by atoms with van der Waals surface area (Å²) in [5, 5.41) is 3.64. The molecule has 0 aliphatic carbocycles. The second-order valence-electron chi connectivity index (χ2n) is 9.79. The predicted molar refractivity (Wildman–Crippen MR) is 172 cm³/mol. The normalized spacial score (nSPS) is 11.9. The first kappa shape index (κ1) is 32.4. The van der Waals surface area contributed by atoms with Crippen molar-refractivity contribution in [3.8, 4) is 0 Å². The number of nitrogens with zero attached hydrogens (tertiary/aromatic N) is 2. The van der Waals surface area contributed by atoms with Gasteiger partial charge < -0.3 is 10.2 Å². The van der Waals surface area contributed by atoms with Crippen LogP contribution in [0.1, 0.15) is 16.7 Å². The van der Waals surface area contributed by atoms with Crippen LogP contribution in [0.25, 0.3) is 0 Å². The number of hydrogen-bond donors (Lipinski definition) is 1. The first-order chi connectivity index (χ1) is 20.5. The largest absolute Gasteiger partial charge is 0.357 e. The summed E-state index contributed by atoms with van der Waals surface area (Å²) in [7, 11) is -2.76. The van der Waals surface area contributed by atoms with Gasteiger partial charge in [-0.05, 0) is 60.5 Å². The quantitative estimate of drug-likeness (QED) is 0.198. The number of aryl methyl sites for hydroxylation is 1. The molecular weight excluding hydrogens is 629 g/mol. The van der Waals surface area contributed by atoms with Crippen LogP contribution in [-0.4, -0.2) is 44.8 Å². The molecule has 0 aliphatic rings. The van der Waals surface area contributed by atoms with Gasteiger partial charge in [0.15, 0.2) is 0 Å². The van der Waals surface area contributed by atoms with Crippen molar-refractivity contribution in [2.45, 2.75) is 30.8 Å². The number of halogens is 3. The fourth-order valence-electron chi connectivity index (χ4n) is 4.66. The lowest BCUT2D eigenvalue weighted by Gasteiger charge is -2.34. The van der Waals surface area contributed by atoms with Crippen molar-refractivity contribution in [2.75, 3.05) is 17.9 Å². The third-order valence-electron chi connectivity index (χ3n) is 6.97. The molecule has 0 unspecified atom stereocenters. The highest BCUT2D eigenvalue weighted by Crippen LogP contribution is 2.30. The minimum Gasteiger partial charge on any atom is -0.357 e. The van der Waals surface area contributed by atoms with Crippen LogP contribution >= 0.6 is 34.8 Å². The number of rotatable bonds is 11. The highest BCUT2D eigenvalue weighted by Gasteiger charge is 2.35. The van der Waals surface area contributed by atoms with Gasteiger partial charge in [-0.25, -0.2) is 8.42 Å². The highest BCUT2D eigenvalue weighted by atomic mass is 35.5. The molecule has 0 fully saturated rings. The van der Waals surface area contributed by atoms with Gasteiger partial charge >= 0.3 is 0 Å². The van der Waals surface area contributed by atoms with Gasteiger partial charge in [-0.1, -0.05) is 89.4 Å². The lowest BCUT2D eigenvalue weighted by Crippen LogP contribution is -2.53. The lowest BCUT2D eigenvalue weighted by molar-refractivity contribution is -0.139. The Labute approximate surface area is 267 Å². The summed E-state index contributed by atoms with van der Waals surface area (Å²) in [6.07, 6.45) is 0.169. The van der Waals surface area contributed by atoms with Gasteiger partial charge in [0.05, 0.1) is 10.6 Å². The van der Waals surface area contributed by atoms with E-state index in [4.69, 9.17) is 34.8 Å². The van der Waals surface area contributed by atoms with E-state index in [1.807, 2.05) is 30.3 Å². The first-order valence-electron chi connectivity index (χ1n) is 13.3. The average molecular weight is 659 g/mol. The summed E-state index contributed by atoms with van der Waals surface area (Å²) < 4.78 is 29.2. The molecule has 0 bridgehead atoms. The molecule has 4 aromatic rings. The van der Waals surface area contributed by atoms with Crippen LogP contribution in [0, 0.1) is 6.92 Å². The summed E-state index contributed by atoms with van der Waals surface area (Å²) in [6, 6.07) is 25.8. The molecule has 0 saturated heterocycles. The Morgan fingerprint density at radius 3 is 2.02 bits per heavy atom. The van der Waals surface area contributed by atoms with Crippen molar-refractivity contribution in [3.63, 3.8) is 0 Å². The Bertz CT molecular complexity index is 1680. The van der Waals surface area contributed by atoms with Gasteiger partial charge in [-0.15, -0.1) is 0 Å². The Balaban J connectivity index is 1.83. The second-order valence-corrected chi connectivity index (χ2v) is 12.9. The van der Waals surface area contributed by atoms with Crippen LogP contribution in [0.4, 0.5) is 5.69 Å². The molecular formula is C32H30Cl3N3O4S. The number of carbonyl (C=O) groups excluding carboxylic acids is 2. The van der Waals surface area contributed by atoms with E-state index in [0.29, 0.717) is 31.9 Å². The summed E-state index contributed by atoms with van der Waals surface area (Å²) in [5.74, 6) is -1.05. The molecule has 224 valence electrons. The Hall–Kier alpha value is -3.56. The molecule has 43 heavy (non-hydrogen) atoms. The van der Waals surface area contributed by atoms with E-state index in [-0.39, 0.29) is 17.9 Å². The standard InChI is InChI=1S/C32H30Cl3N3O4S/c1-22-9-6-7-14-29(22)38(43(41,42)25-17-15-24(33)16-18-25)21-31(39)37(20-26-27(34)12-8-13-28(26)35)30(32(40)36-2)19-23-10-4-3-5-11-23/h3-18,30H,19-21H2,1-2H3,(H,36,40)/t30-/m1/s1. The van der Waals surface area contributed by atoms with E-state index in [9.17, 15) is 18.0 Å². The van der Waals surface area contributed by atoms with Crippen molar-refractivity contribution in [1.29, 1.82) is 0 Å². The fourth-order valence-corrected chi connectivity index (χ4v) is 6.79. The van der Waals surface area contributed by atoms with E-state index in [1.54, 1.807) is 49.4 Å².